The minimum absolute atomic E-state index is 0.208. The van der Waals surface area contributed by atoms with Crippen LogP contribution in [0.3, 0.4) is 0 Å². The second kappa shape index (κ2) is 8.78. The third-order valence-corrected chi connectivity index (χ3v) is 5.52. The van der Waals surface area contributed by atoms with Gasteiger partial charge in [-0.15, -0.1) is 0 Å². The third kappa shape index (κ3) is 5.88. The number of piperidine rings is 1. The highest BCUT2D eigenvalue weighted by Crippen LogP contribution is 2.40. The van der Waals surface area contributed by atoms with E-state index in [9.17, 15) is 14.2 Å². The van der Waals surface area contributed by atoms with Crippen LogP contribution in [0, 0.1) is 5.92 Å². The van der Waals surface area contributed by atoms with Crippen molar-refractivity contribution in [3.05, 3.63) is 0 Å². The Morgan fingerprint density at radius 2 is 2.13 bits per heavy atom. The molecule has 0 bridgehead atoms. The van der Waals surface area contributed by atoms with Crippen molar-refractivity contribution in [2.75, 3.05) is 13.1 Å². The van der Waals surface area contributed by atoms with E-state index in [1.54, 1.807) is 0 Å². The van der Waals surface area contributed by atoms with E-state index >= 15 is 0 Å². The molecule has 1 saturated heterocycles. The summed E-state index contributed by atoms with van der Waals surface area (Å²) in [6.07, 6.45) is 2.49. The van der Waals surface area contributed by atoms with Crippen LogP contribution in [-0.2, 0) is 14.2 Å². The predicted octanol–water partition coefficient (Wildman–Crippen LogP) is 0.533. The molecule has 1 rings (SSSR count). The van der Waals surface area contributed by atoms with E-state index in [4.69, 9.17) is 11.2 Å². The lowest BCUT2D eigenvalue weighted by Crippen LogP contribution is -2.53. The molecular formula is C14H30N5O3P. The maximum Gasteiger partial charge on any atom is 0.306 e. The molecule has 0 aromatic carbocycles. The van der Waals surface area contributed by atoms with E-state index in [-0.39, 0.29) is 18.4 Å². The zero-order chi connectivity index (χ0) is 17.6. The second-order valence-electron chi connectivity index (χ2n) is 6.44. The molecule has 0 saturated carbocycles. The highest BCUT2D eigenvalue weighted by atomic mass is 31.2. The number of amides is 2. The molecule has 0 radical (unpaired) electrons. The average molecular weight is 347 g/mol. The first-order valence-corrected chi connectivity index (χ1v) is 9.93. The van der Waals surface area contributed by atoms with Crippen molar-refractivity contribution in [1.29, 1.82) is 0 Å². The lowest BCUT2D eigenvalue weighted by Gasteiger charge is -2.36. The molecule has 0 aromatic rings. The molecule has 9 heteroatoms. The van der Waals surface area contributed by atoms with Gasteiger partial charge in [-0.2, -0.15) is 0 Å². The molecule has 23 heavy (non-hydrogen) atoms. The Labute approximate surface area is 138 Å². The van der Waals surface area contributed by atoms with Crippen LogP contribution in [0.15, 0.2) is 0 Å². The molecule has 1 fully saturated rings. The van der Waals surface area contributed by atoms with Crippen LogP contribution in [-0.4, -0.2) is 41.7 Å². The summed E-state index contributed by atoms with van der Waals surface area (Å²) >= 11 is 0. The Balaban J connectivity index is 2.84. The van der Waals surface area contributed by atoms with Gasteiger partial charge < -0.3 is 11.1 Å². The van der Waals surface area contributed by atoms with Gasteiger partial charge in [0.2, 0.25) is 11.8 Å². The van der Waals surface area contributed by atoms with E-state index in [1.807, 2.05) is 20.8 Å². The van der Waals surface area contributed by atoms with Gasteiger partial charge in [-0.25, -0.2) is 5.09 Å². The average Bonchev–Trinajstić information content (AvgIpc) is 2.46. The van der Waals surface area contributed by atoms with Crippen molar-refractivity contribution in [2.24, 2.45) is 17.2 Å². The number of hydrogen-bond donors (Lipinski definition) is 4. The molecule has 1 heterocycles. The molecule has 1 aliphatic heterocycles. The molecule has 6 N–H and O–H groups in total. The van der Waals surface area contributed by atoms with E-state index < -0.39 is 25.6 Å². The van der Waals surface area contributed by atoms with Gasteiger partial charge in [-0.05, 0) is 31.6 Å². The molecular weight excluding hydrogens is 317 g/mol. The standard InChI is InChI=1S/C14H30N5O3P/c1-4-7-17-13(20)12(9-10(2)3)18-23(16,22)19-8-5-6-11(15)14(19)21/h10-12H,4-9,15H2,1-3H3,(H,17,20)(H3,16,18,22)/t11-,12?,23?/m0/s1. The number of rotatable bonds is 8. The zero-order valence-corrected chi connectivity index (χ0v) is 15.1. The molecule has 0 aliphatic carbocycles. The van der Waals surface area contributed by atoms with Crippen molar-refractivity contribution in [3.8, 4) is 0 Å². The maximum absolute atomic E-state index is 12.8. The van der Waals surface area contributed by atoms with E-state index in [2.05, 4.69) is 10.4 Å². The number of carbonyl (C=O) groups excluding carboxylic acids is 2. The van der Waals surface area contributed by atoms with Gasteiger partial charge in [-0.1, -0.05) is 20.8 Å². The lowest BCUT2D eigenvalue weighted by atomic mass is 10.0. The van der Waals surface area contributed by atoms with Crippen molar-refractivity contribution in [3.63, 3.8) is 0 Å². The molecule has 1 aliphatic rings. The summed E-state index contributed by atoms with van der Waals surface area (Å²) in [5.74, 6) is -0.467. The van der Waals surface area contributed by atoms with Crippen LogP contribution in [0.4, 0.5) is 0 Å². The first-order chi connectivity index (χ1) is 10.7. The van der Waals surface area contributed by atoms with Crippen LogP contribution in [0.5, 0.6) is 0 Å². The van der Waals surface area contributed by atoms with Crippen molar-refractivity contribution >= 4 is 19.4 Å². The quantitative estimate of drug-likeness (QED) is 0.474. The van der Waals surface area contributed by atoms with Crippen molar-refractivity contribution in [2.45, 2.75) is 58.5 Å². The normalized spacial score (nSPS) is 22.8. The SMILES string of the molecule is CCCNC(=O)C(CC(C)C)NP(N)(=O)N1CCC[C@H](N)C1=O. The van der Waals surface area contributed by atoms with Crippen molar-refractivity contribution < 1.29 is 14.2 Å². The van der Waals surface area contributed by atoms with Crippen LogP contribution in [0.25, 0.3) is 0 Å². The lowest BCUT2D eigenvalue weighted by molar-refractivity contribution is -0.130. The van der Waals surface area contributed by atoms with Gasteiger partial charge in [0.25, 0.3) is 0 Å². The third-order valence-electron chi connectivity index (χ3n) is 3.73. The van der Waals surface area contributed by atoms with Crippen LogP contribution >= 0.6 is 7.59 Å². The minimum atomic E-state index is -3.67. The molecule has 134 valence electrons. The number of nitrogens with zero attached hydrogens (tertiary/aromatic N) is 1. The predicted molar refractivity (Wildman–Crippen MR) is 90.4 cm³/mol. The summed E-state index contributed by atoms with van der Waals surface area (Å²) in [4.78, 5) is 24.4. The van der Waals surface area contributed by atoms with Crippen LogP contribution < -0.4 is 21.6 Å². The Hall–Kier alpha value is -0.950. The van der Waals surface area contributed by atoms with E-state index in [0.29, 0.717) is 25.8 Å². The zero-order valence-electron chi connectivity index (χ0n) is 14.2. The molecule has 3 atom stereocenters. The number of nitrogens with two attached hydrogens (primary N) is 2. The molecule has 8 nitrogen and oxygen atoms in total. The summed E-state index contributed by atoms with van der Waals surface area (Å²) in [7, 11) is -3.67. The fourth-order valence-corrected chi connectivity index (χ4v) is 4.22. The highest BCUT2D eigenvalue weighted by molar-refractivity contribution is 7.57. The molecule has 0 spiro atoms. The van der Waals surface area contributed by atoms with Gasteiger partial charge in [0.15, 0.2) is 0 Å². The van der Waals surface area contributed by atoms with Gasteiger partial charge in [0.05, 0.1) is 12.1 Å². The monoisotopic (exact) mass is 347 g/mol. The summed E-state index contributed by atoms with van der Waals surface area (Å²) in [6.45, 7) is 6.71. The summed E-state index contributed by atoms with van der Waals surface area (Å²) in [6, 6.07) is -1.39. The van der Waals surface area contributed by atoms with Gasteiger partial charge in [-0.3, -0.25) is 24.3 Å². The highest BCUT2D eigenvalue weighted by Gasteiger charge is 2.38. The van der Waals surface area contributed by atoms with Gasteiger partial charge in [0, 0.05) is 13.1 Å². The first-order valence-electron chi connectivity index (χ1n) is 8.20. The minimum Gasteiger partial charge on any atom is -0.355 e. The molecule has 2 unspecified atom stereocenters. The number of hydrogen-bond acceptors (Lipinski definition) is 4. The topological polar surface area (TPSA) is 131 Å². The van der Waals surface area contributed by atoms with Gasteiger partial charge >= 0.3 is 7.59 Å². The summed E-state index contributed by atoms with van der Waals surface area (Å²) < 4.78 is 13.9. The smallest absolute Gasteiger partial charge is 0.306 e. The largest absolute Gasteiger partial charge is 0.355 e. The Bertz CT molecular complexity index is 471. The number of carbonyl (C=O) groups is 2. The second-order valence-corrected chi connectivity index (χ2v) is 8.42. The van der Waals surface area contributed by atoms with Crippen LogP contribution in [0.2, 0.25) is 0 Å². The Morgan fingerprint density at radius 3 is 2.70 bits per heavy atom. The first kappa shape index (κ1) is 20.1. The molecule has 0 aromatic heterocycles. The maximum atomic E-state index is 12.8. The summed E-state index contributed by atoms with van der Waals surface area (Å²) in [5, 5.41) is 5.50. The van der Waals surface area contributed by atoms with Crippen LogP contribution in [0.1, 0.15) is 46.5 Å². The Kier molecular flexibility index (Phi) is 7.67. The van der Waals surface area contributed by atoms with Gasteiger partial charge in [0.1, 0.15) is 0 Å². The Morgan fingerprint density at radius 1 is 1.48 bits per heavy atom. The van der Waals surface area contributed by atoms with E-state index in [1.165, 1.54) is 0 Å². The van der Waals surface area contributed by atoms with E-state index in [0.717, 1.165) is 11.1 Å². The fraction of sp³-hybridized carbons (Fsp3) is 0.857. The fourth-order valence-electron chi connectivity index (χ4n) is 2.54. The summed E-state index contributed by atoms with van der Waals surface area (Å²) in [5.41, 5.74) is 11.6. The number of nitrogens with one attached hydrogen (secondary N) is 2. The van der Waals surface area contributed by atoms with Crippen molar-refractivity contribution in [1.82, 2.24) is 15.1 Å². The molecule has 2 amide bonds.